The molecule has 1 unspecified atom stereocenters. The number of benzene rings is 1. The fourth-order valence-corrected chi connectivity index (χ4v) is 2.17. The normalized spacial score (nSPS) is 12.0. The van der Waals surface area contributed by atoms with Crippen LogP contribution in [0.2, 0.25) is 0 Å². The number of nitrogens with zero attached hydrogens (tertiary/aromatic N) is 1. The van der Waals surface area contributed by atoms with Crippen LogP contribution in [0.5, 0.6) is 0 Å². The maximum atomic E-state index is 11.5. The number of esters is 1. The van der Waals surface area contributed by atoms with E-state index in [1.54, 1.807) is 7.05 Å². The fourth-order valence-electron chi connectivity index (χ4n) is 2.17. The van der Waals surface area contributed by atoms with Crippen molar-refractivity contribution in [3.63, 3.8) is 0 Å². The molecule has 0 amide bonds. The molecule has 0 bridgehead atoms. The van der Waals surface area contributed by atoms with Gasteiger partial charge in [-0.25, -0.2) is 0 Å². The molecule has 0 aliphatic carbocycles. The first-order valence-electron chi connectivity index (χ1n) is 6.69. The van der Waals surface area contributed by atoms with Gasteiger partial charge in [-0.05, 0) is 38.9 Å². The molecule has 1 atom stereocenters. The molecule has 0 aromatic heterocycles. The molecule has 0 spiro atoms. The van der Waals surface area contributed by atoms with Gasteiger partial charge in [0, 0.05) is 18.8 Å². The summed E-state index contributed by atoms with van der Waals surface area (Å²) in [5, 5.41) is 3.00. The average Bonchev–Trinajstić information content (AvgIpc) is 2.44. The van der Waals surface area contributed by atoms with Crippen molar-refractivity contribution in [3.8, 4) is 0 Å². The van der Waals surface area contributed by atoms with Gasteiger partial charge in [-0.3, -0.25) is 4.79 Å². The third-order valence-corrected chi connectivity index (χ3v) is 3.36. The van der Waals surface area contributed by atoms with E-state index in [4.69, 9.17) is 4.74 Å². The van der Waals surface area contributed by atoms with Crippen LogP contribution in [0.15, 0.2) is 24.3 Å². The minimum atomic E-state index is -0.247. The van der Waals surface area contributed by atoms with Crippen LogP contribution in [-0.4, -0.2) is 39.3 Å². The Morgan fingerprint density at radius 1 is 1.42 bits per heavy atom. The van der Waals surface area contributed by atoms with Crippen molar-refractivity contribution in [2.75, 3.05) is 32.1 Å². The third kappa shape index (κ3) is 4.24. The lowest BCUT2D eigenvalue weighted by atomic mass is 10.1. The molecule has 1 N–H and O–H groups in total. The molecule has 1 aromatic rings. The molecule has 4 heteroatoms. The summed E-state index contributed by atoms with van der Waals surface area (Å²) in [6, 6.07) is 8.06. The molecule has 0 saturated heterocycles. The van der Waals surface area contributed by atoms with Crippen LogP contribution in [0.25, 0.3) is 0 Å². The van der Waals surface area contributed by atoms with E-state index in [0.29, 0.717) is 0 Å². The smallest absolute Gasteiger partial charge is 0.322 e. The molecule has 1 rings (SSSR count). The van der Waals surface area contributed by atoms with Crippen LogP contribution >= 0.6 is 0 Å². The van der Waals surface area contributed by atoms with E-state index in [1.807, 2.05) is 12.1 Å². The minimum absolute atomic E-state index is 0.205. The van der Waals surface area contributed by atoms with E-state index in [0.717, 1.165) is 19.5 Å². The molecule has 19 heavy (non-hydrogen) atoms. The Morgan fingerprint density at radius 2 is 2.11 bits per heavy atom. The first-order chi connectivity index (χ1) is 9.13. The number of hydrogen-bond donors (Lipinski definition) is 1. The molecule has 0 radical (unpaired) electrons. The first-order valence-corrected chi connectivity index (χ1v) is 6.69. The molecule has 0 heterocycles. The highest BCUT2D eigenvalue weighted by atomic mass is 16.5. The van der Waals surface area contributed by atoms with E-state index < -0.39 is 0 Å². The summed E-state index contributed by atoms with van der Waals surface area (Å²) in [5.41, 5.74) is 2.48. The maximum absolute atomic E-state index is 11.5. The number of anilines is 1. The highest BCUT2D eigenvalue weighted by Crippen LogP contribution is 2.19. The lowest BCUT2D eigenvalue weighted by Gasteiger charge is -2.26. The van der Waals surface area contributed by atoms with Crippen molar-refractivity contribution in [1.82, 2.24) is 5.32 Å². The number of rotatable bonds is 7. The topological polar surface area (TPSA) is 41.6 Å². The van der Waals surface area contributed by atoms with Gasteiger partial charge in [0.2, 0.25) is 0 Å². The van der Waals surface area contributed by atoms with Crippen molar-refractivity contribution < 1.29 is 9.53 Å². The van der Waals surface area contributed by atoms with E-state index in [1.165, 1.54) is 18.4 Å². The Morgan fingerprint density at radius 3 is 2.63 bits per heavy atom. The predicted octanol–water partition coefficient (Wildman–Crippen LogP) is 1.97. The highest BCUT2D eigenvalue weighted by molar-refractivity contribution is 5.75. The SMILES string of the molecule is CCN(CCC(NC)C(=O)OC)c1ccccc1C. The Hall–Kier alpha value is -1.55. The van der Waals surface area contributed by atoms with Crippen LogP contribution < -0.4 is 10.2 Å². The zero-order chi connectivity index (χ0) is 14.3. The Labute approximate surface area is 115 Å². The number of methoxy groups -OCH3 is 1. The Bertz CT molecular complexity index is 407. The monoisotopic (exact) mass is 264 g/mol. The second kappa shape index (κ2) is 7.79. The molecule has 106 valence electrons. The van der Waals surface area contributed by atoms with E-state index in [2.05, 4.69) is 36.2 Å². The largest absolute Gasteiger partial charge is 0.468 e. The highest BCUT2D eigenvalue weighted by Gasteiger charge is 2.18. The Balaban J connectivity index is 2.68. The number of likely N-dealkylation sites (N-methyl/N-ethyl adjacent to an activating group) is 1. The van der Waals surface area contributed by atoms with Crippen molar-refractivity contribution in [2.24, 2.45) is 0 Å². The lowest BCUT2D eigenvalue weighted by Crippen LogP contribution is -2.39. The summed E-state index contributed by atoms with van der Waals surface area (Å²) >= 11 is 0. The molecule has 4 nitrogen and oxygen atoms in total. The molecule has 1 aromatic carbocycles. The van der Waals surface area contributed by atoms with Gasteiger partial charge >= 0.3 is 5.97 Å². The van der Waals surface area contributed by atoms with Crippen molar-refractivity contribution in [1.29, 1.82) is 0 Å². The van der Waals surface area contributed by atoms with Gasteiger partial charge in [0.05, 0.1) is 7.11 Å². The van der Waals surface area contributed by atoms with Gasteiger partial charge in [0.25, 0.3) is 0 Å². The van der Waals surface area contributed by atoms with Crippen LogP contribution in [0.3, 0.4) is 0 Å². The van der Waals surface area contributed by atoms with Gasteiger partial charge in [0.1, 0.15) is 6.04 Å². The van der Waals surface area contributed by atoms with Gasteiger partial charge in [-0.15, -0.1) is 0 Å². The number of carbonyl (C=O) groups excluding carboxylic acids is 1. The first kappa shape index (κ1) is 15.5. The zero-order valence-electron chi connectivity index (χ0n) is 12.3. The number of para-hydroxylation sites is 1. The quantitative estimate of drug-likeness (QED) is 0.765. The van der Waals surface area contributed by atoms with Gasteiger partial charge in [-0.1, -0.05) is 18.2 Å². The lowest BCUT2D eigenvalue weighted by molar-refractivity contribution is -0.143. The third-order valence-electron chi connectivity index (χ3n) is 3.36. The summed E-state index contributed by atoms with van der Waals surface area (Å²) < 4.78 is 4.78. The van der Waals surface area contributed by atoms with E-state index in [-0.39, 0.29) is 12.0 Å². The van der Waals surface area contributed by atoms with Crippen LogP contribution in [0, 0.1) is 6.92 Å². The van der Waals surface area contributed by atoms with Crippen LogP contribution in [-0.2, 0) is 9.53 Å². The number of ether oxygens (including phenoxy) is 1. The second-order valence-electron chi connectivity index (χ2n) is 4.52. The molecule has 0 aliphatic heterocycles. The summed E-state index contributed by atoms with van der Waals surface area (Å²) in [6.07, 6.45) is 0.728. The summed E-state index contributed by atoms with van der Waals surface area (Å²) in [4.78, 5) is 13.8. The van der Waals surface area contributed by atoms with Gasteiger partial charge in [-0.2, -0.15) is 0 Å². The van der Waals surface area contributed by atoms with Gasteiger partial charge < -0.3 is 15.0 Å². The zero-order valence-corrected chi connectivity index (χ0v) is 12.3. The summed E-state index contributed by atoms with van der Waals surface area (Å²) in [5.74, 6) is -0.205. The van der Waals surface area contributed by atoms with Crippen molar-refractivity contribution >= 4 is 11.7 Å². The minimum Gasteiger partial charge on any atom is -0.468 e. The summed E-state index contributed by atoms with van der Waals surface area (Å²) in [6.45, 7) is 5.97. The average molecular weight is 264 g/mol. The molecule has 0 aliphatic rings. The number of hydrogen-bond acceptors (Lipinski definition) is 4. The molecule has 0 fully saturated rings. The van der Waals surface area contributed by atoms with Crippen molar-refractivity contribution in [3.05, 3.63) is 29.8 Å². The molecule has 0 saturated carbocycles. The van der Waals surface area contributed by atoms with Crippen molar-refractivity contribution in [2.45, 2.75) is 26.3 Å². The van der Waals surface area contributed by atoms with E-state index in [9.17, 15) is 4.79 Å². The summed E-state index contributed by atoms with van der Waals surface area (Å²) in [7, 11) is 3.21. The maximum Gasteiger partial charge on any atom is 0.322 e. The number of carbonyl (C=O) groups is 1. The van der Waals surface area contributed by atoms with Gasteiger partial charge in [0.15, 0.2) is 0 Å². The Kier molecular flexibility index (Phi) is 6.36. The molecular formula is C15H24N2O2. The second-order valence-corrected chi connectivity index (χ2v) is 4.52. The molecular weight excluding hydrogens is 240 g/mol. The fraction of sp³-hybridized carbons (Fsp3) is 0.533. The number of nitrogens with one attached hydrogen (secondary N) is 1. The van der Waals surface area contributed by atoms with Crippen LogP contribution in [0.1, 0.15) is 18.9 Å². The standard InChI is InChI=1S/C15H24N2O2/c1-5-17(14-9-7-6-8-12(14)2)11-10-13(16-3)15(18)19-4/h6-9,13,16H,5,10-11H2,1-4H3. The van der Waals surface area contributed by atoms with E-state index >= 15 is 0 Å². The predicted molar refractivity (Wildman–Crippen MR) is 78.5 cm³/mol. The van der Waals surface area contributed by atoms with Crippen LogP contribution in [0.4, 0.5) is 5.69 Å². The number of aryl methyl sites for hydroxylation is 1.